The Morgan fingerprint density at radius 1 is 1.03 bits per heavy atom. The number of alkyl halides is 1. The number of anilines is 1. The van der Waals surface area contributed by atoms with Crippen LogP contribution in [0.4, 0.5) is 5.69 Å². The lowest BCUT2D eigenvalue weighted by Crippen LogP contribution is -2.27. The second kappa shape index (κ2) is 12.6. The van der Waals surface area contributed by atoms with Crippen LogP contribution in [-0.4, -0.2) is 31.5 Å². The monoisotopic (exact) mass is 488 g/mol. The van der Waals surface area contributed by atoms with Crippen LogP contribution in [0.5, 0.6) is 5.75 Å². The van der Waals surface area contributed by atoms with Gasteiger partial charge in [0.05, 0.1) is 5.88 Å². The van der Waals surface area contributed by atoms with Gasteiger partial charge in [0.25, 0.3) is 0 Å². The second-order valence-corrected chi connectivity index (χ2v) is 8.96. The van der Waals surface area contributed by atoms with E-state index in [1.54, 1.807) is 0 Å². The van der Waals surface area contributed by atoms with E-state index >= 15 is 0 Å². The minimum absolute atomic E-state index is 0.000587. The van der Waals surface area contributed by atoms with Crippen molar-refractivity contribution in [2.45, 2.75) is 38.8 Å². The normalized spacial score (nSPS) is 16.3. The number of hydrogen-bond donors (Lipinski definition) is 2. The molecule has 1 aliphatic rings. The van der Waals surface area contributed by atoms with Crippen LogP contribution in [0.1, 0.15) is 54.9 Å². The number of benzene rings is 3. The van der Waals surface area contributed by atoms with Gasteiger partial charge in [-0.1, -0.05) is 55.5 Å². The highest BCUT2D eigenvalue weighted by molar-refractivity contribution is 6.18. The van der Waals surface area contributed by atoms with E-state index in [1.807, 2.05) is 18.2 Å². The zero-order chi connectivity index (χ0) is 24.5. The Morgan fingerprint density at radius 3 is 2.46 bits per heavy atom. The van der Waals surface area contributed by atoms with Crippen molar-refractivity contribution < 1.29 is 9.47 Å². The minimum Gasteiger partial charge on any atom is -0.492 e. The fourth-order valence-corrected chi connectivity index (χ4v) is 4.63. The van der Waals surface area contributed by atoms with E-state index in [4.69, 9.17) is 26.5 Å². The zero-order valence-corrected chi connectivity index (χ0v) is 21.0. The largest absolute Gasteiger partial charge is 0.492 e. The van der Waals surface area contributed by atoms with Crippen molar-refractivity contribution in [1.82, 2.24) is 0 Å². The summed E-state index contributed by atoms with van der Waals surface area (Å²) in [5.74, 6) is 1.26. The third kappa shape index (κ3) is 6.33. The first kappa shape index (κ1) is 25.0. The highest BCUT2D eigenvalue weighted by Gasteiger charge is 2.17. The summed E-state index contributed by atoms with van der Waals surface area (Å²) in [6, 6.07) is 25.0. The molecule has 4 rings (SSSR count). The molecule has 0 aromatic heterocycles. The summed E-state index contributed by atoms with van der Waals surface area (Å²) in [6.07, 6.45) is 5.54. The predicted molar refractivity (Wildman–Crippen MR) is 147 cm³/mol. The molecule has 0 spiro atoms. The van der Waals surface area contributed by atoms with Gasteiger partial charge in [0.15, 0.2) is 0 Å². The molecule has 0 radical (unpaired) electrons. The number of rotatable bonds is 10. The molecule has 1 heterocycles. The minimum atomic E-state index is -0.000587. The van der Waals surface area contributed by atoms with Gasteiger partial charge in [0.1, 0.15) is 18.6 Å². The summed E-state index contributed by atoms with van der Waals surface area (Å²) in [7, 11) is 0. The Labute approximate surface area is 213 Å². The fourth-order valence-electron chi connectivity index (χ4n) is 4.55. The molecule has 1 atom stereocenters. The van der Waals surface area contributed by atoms with Crippen molar-refractivity contribution in [2.24, 2.45) is 0 Å². The van der Waals surface area contributed by atoms with Crippen LogP contribution in [0, 0.1) is 5.41 Å². The van der Waals surface area contributed by atoms with Crippen LogP contribution in [-0.2, 0) is 4.74 Å². The first-order valence-electron chi connectivity index (χ1n) is 12.3. The molecule has 1 fully saturated rings. The van der Waals surface area contributed by atoms with Crippen molar-refractivity contribution in [3.63, 3.8) is 0 Å². The van der Waals surface area contributed by atoms with Crippen molar-refractivity contribution in [1.29, 1.82) is 5.41 Å². The Morgan fingerprint density at radius 2 is 1.80 bits per heavy atom. The summed E-state index contributed by atoms with van der Waals surface area (Å²) in [5.41, 5.74) is 7.57. The van der Waals surface area contributed by atoms with E-state index in [-0.39, 0.29) is 6.23 Å². The molecule has 0 aliphatic carbocycles. The molecular weight excluding hydrogens is 456 g/mol. The number of halogens is 1. The SMILES string of the molecule is CC/C(=C(/c1ccc(OCCCl)cc1)c1ccc(NC2CCCCO2)c(C=N)c1)c1ccccc1. The number of hydrogen-bond acceptors (Lipinski definition) is 4. The number of nitrogens with one attached hydrogen (secondary N) is 2. The molecule has 35 heavy (non-hydrogen) atoms. The maximum Gasteiger partial charge on any atom is 0.127 e. The van der Waals surface area contributed by atoms with Crippen molar-refractivity contribution in [2.75, 3.05) is 24.4 Å². The summed E-state index contributed by atoms with van der Waals surface area (Å²) in [4.78, 5) is 0. The van der Waals surface area contributed by atoms with Gasteiger partial charge >= 0.3 is 0 Å². The van der Waals surface area contributed by atoms with Gasteiger partial charge in [-0.2, -0.15) is 0 Å². The first-order valence-corrected chi connectivity index (χ1v) is 12.9. The van der Waals surface area contributed by atoms with E-state index in [2.05, 4.69) is 66.8 Å². The van der Waals surface area contributed by atoms with Crippen molar-refractivity contribution in [3.8, 4) is 5.75 Å². The quantitative estimate of drug-likeness (QED) is 0.175. The Kier molecular flexibility index (Phi) is 8.99. The van der Waals surface area contributed by atoms with E-state index in [1.165, 1.54) is 17.4 Å². The molecule has 1 aliphatic heterocycles. The molecule has 5 heteroatoms. The van der Waals surface area contributed by atoms with Gasteiger partial charge in [-0.25, -0.2) is 0 Å². The van der Waals surface area contributed by atoms with Crippen LogP contribution >= 0.6 is 11.6 Å². The van der Waals surface area contributed by atoms with Gasteiger partial charge < -0.3 is 20.2 Å². The van der Waals surface area contributed by atoms with Crippen LogP contribution in [0.15, 0.2) is 72.8 Å². The van der Waals surface area contributed by atoms with E-state index in [0.717, 1.165) is 66.0 Å². The maximum atomic E-state index is 8.10. The molecular formula is C30H33ClN2O2. The highest BCUT2D eigenvalue weighted by Crippen LogP contribution is 2.36. The Bertz CT molecular complexity index is 1140. The summed E-state index contributed by atoms with van der Waals surface area (Å²) < 4.78 is 11.6. The van der Waals surface area contributed by atoms with Crippen LogP contribution in [0.2, 0.25) is 0 Å². The average Bonchev–Trinajstić information content (AvgIpc) is 2.92. The van der Waals surface area contributed by atoms with Crippen LogP contribution in [0.3, 0.4) is 0 Å². The zero-order valence-electron chi connectivity index (χ0n) is 20.2. The molecule has 1 saturated heterocycles. The first-order chi connectivity index (χ1) is 17.2. The van der Waals surface area contributed by atoms with Gasteiger partial charge in [0, 0.05) is 24.1 Å². The van der Waals surface area contributed by atoms with Gasteiger partial charge in [0.2, 0.25) is 0 Å². The third-order valence-electron chi connectivity index (χ3n) is 6.26. The van der Waals surface area contributed by atoms with E-state index < -0.39 is 0 Å². The molecule has 0 saturated carbocycles. The molecule has 0 bridgehead atoms. The van der Waals surface area contributed by atoms with Gasteiger partial charge in [-0.05, 0) is 77.8 Å². The molecule has 3 aromatic rings. The second-order valence-electron chi connectivity index (χ2n) is 8.58. The summed E-state index contributed by atoms with van der Waals surface area (Å²) in [6.45, 7) is 3.45. The van der Waals surface area contributed by atoms with Crippen molar-refractivity contribution >= 4 is 34.6 Å². The lowest BCUT2D eigenvalue weighted by Gasteiger charge is -2.25. The molecule has 2 N–H and O–H groups in total. The number of ether oxygens (including phenoxy) is 2. The number of allylic oxidation sites excluding steroid dienone is 1. The lowest BCUT2D eigenvalue weighted by molar-refractivity contribution is 0.0343. The fraction of sp³-hybridized carbons (Fsp3) is 0.300. The Balaban J connectivity index is 1.77. The molecule has 182 valence electrons. The summed E-state index contributed by atoms with van der Waals surface area (Å²) in [5, 5.41) is 11.6. The maximum absolute atomic E-state index is 8.10. The molecule has 0 amide bonds. The van der Waals surface area contributed by atoms with Crippen molar-refractivity contribution in [3.05, 3.63) is 95.1 Å². The summed E-state index contributed by atoms with van der Waals surface area (Å²) >= 11 is 5.78. The smallest absolute Gasteiger partial charge is 0.127 e. The highest BCUT2D eigenvalue weighted by atomic mass is 35.5. The van der Waals surface area contributed by atoms with E-state index in [9.17, 15) is 0 Å². The molecule has 3 aromatic carbocycles. The van der Waals surface area contributed by atoms with E-state index in [0.29, 0.717) is 12.5 Å². The van der Waals surface area contributed by atoms with Crippen LogP contribution < -0.4 is 10.1 Å². The van der Waals surface area contributed by atoms with Gasteiger partial charge in [-0.15, -0.1) is 11.6 Å². The topological polar surface area (TPSA) is 54.3 Å². The standard InChI is InChI=1S/C30H33ClN2O2/c1-2-27(22-8-4-3-5-9-22)30(23-11-14-26(15-12-23)34-19-17-31)24-13-16-28(25(20-24)21-32)33-29-10-6-7-18-35-29/h3-5,8-9,11-16,20-21,29,32-33H,2,6-7,10,17-19H2,1H3/b30-27+,32-21?. The Hall–Kier alpha value is -3.08. The van der Waals surface area contributed by atoms with Gasteiger partial charge in [-0.3, -0.25) is 0 Å². The molecule has 1 unspecified atom stereocenters. The average molecular weight is 489 g/mol. The van der Waals surface area contributed by atoms with Crippen LogP contribution in [0.25, 0.3) is 11.1 Å². The lowest BCUT2D eigenvalue weighted by atomic mass is 9.87. The molecule has 4 nitrogen and oxygen atoms in total. The third-order valence-corrected chi connectivity index (χ3v) is 6.41. The predicted octanol–water partition coefficient (Wildman–Crippen LogP) is 7.61.